The van der Waals surface area contributed by atoms with E-state index in [4.69, 9.17) is 5.73 Å². The molecule has 0 amide bonds. The van der Waals surface area contributed by atoms with Gasteiger partial charge < -0.3 is 10.3 Å². The Morgan fingerprint density at radius 3 is 3.00 bits per heavy atom. The molecule has 6 nitrogen and oxygen atoms in total. The maximum atomic E-state index is 5.40. The lowest BCUT2D eigenvalue weighted by Gasteiger charge is -1.99. The second kappa shape index (κ2) is 3.18. The van der Waals surface area contributed by atoms with Gasteiger partial charge in [0.05, 0.1) is 12.9 Å². The molecule has 2 aromatic rings. The van der Waals surface area contributed by atoms with Crippen LogP contribution in [0.15, 0.2) is 25.0 Å². The summed E-state index contributed by atoms with van der Waals surface area (Å²) in [4.78, 5) is 15.5. The van der Waals surface area contributed by atoms with Crippen molar-refractivity contribution in [3.63, 3.8) is 0 Å². The van der Waals surface area contributed by atoms with E-state index in [2.05, 4.69) is 19.9 Å². The zero-order valence-corrected chi connectivity index (χ0v) is 6.83. The zero-order chi connectivity index (χ0) is 9.10. The molecule has 0 aliphatic carbocycles. The van der Waals surface area contributed by atoms with Crippen molar-refractivity contribution in [1.82, 2.24) is 24.5 Å². The summed E-state index contributed by atoms with van der Waals surface area (Å²) in [5, 5.41) is 0. The van der Waals surface area contributed by atoms with E-state index >= 15 is 0 Å². The van der Waals surface area contributed by atoms with Crippen molar-refractivity contribution >= 4 is 5.95 Å². The largest absolute Gasteiger partial charge is 0.368 e. The summed E-state index contributed by atoms with van der Waals surface area (Å²) in [5.41, 5.74) is 5.40. The van der Waals surface area contributed by atoms with Gasteiger partial charge >= 0.3 is 0 Å². The van der Waals surface area contributed by atoms with Crippen LogP contribution in [0.3, 0.4) is 0 Å². The molecule has 0 saturated heterocycles. The highest BCUT2D eigenvalue weighted by atomic mass is 15.1. The highest BCUT2D eigenvalue weighted by Crippen LogP contribution is 1.95. The Hall–Kier alpha value is -1.98. The van der Waals surface area contributed by atoms with Gasteiger partial charge in [0, 0.05) is 12.4 Å². The second-order valence-electron chi connectivity index (χ2n) is 2.49. The van der Waals surface area contributed by atoms with Gasteiger partial charge in [-0.25, -0.2) is 15.0 Å². The van der Waals surface area contributed by atoms with Gasteiger partial charge in [0.1, 0.15) is 6.33 Å². The van der Waals surface area contributed by atoms with Gasteiger partial charge in [0.2, 0.25) is 5.95 Å². The Bertz CT molecular complexity index is 382. The Balaban J connectivity index is 2.19. The number of nitrogens with zero attached hydrogens (tertiary/aromatic N) is 5. The molecular formula is C7H8N6. The van der Waals surface area contributed by atoms with E-state index in [0.717, 1.165) is 0 Å². The fraction of sp³-hybridized carbons (Fsp3) is 0.143. The van der Waals surface area contributed by atoms with E-state index in [1.807, 2.05) is 10.8 Å². The molecule has 13 heavy (non-hydrogen) atoms. The first-order valence-corrected chi connectivity index (χ1v) is 3.74. The Morgan fingerprint density at radius 1 is 1.38 bits per heavy atom. The van der Waals surface area contributed by atoms with Crippen molar-refractivity contribution in [1.29, 1.82) is 0 Å². The van der Waals surface area contributed by atoms with Gasteiger partial charge in [0.15, 0.2) is 5.82 Å². The van der Waals surface area contributed by atoms with Crippen molar-refractivity contribution in [3.05, 3.63) is 30.9 Å². The number of anilines is 1. The third-order valence-electron chi connectivity index (χ3n) is 1.52. The molecule has 0 atom stereocenters. The van der Waals surface area contributed by atoms with E-state index in [0.29, 0.717) is 12.4 Å². The van der Waals surface area contributed by atoms with Gasteiger partial charge in [-0.05, 0) is 0 Å². The first-order valence-electron chi connectivity index (χ1n) is 3.74. The van der Waals surface area contributed by atoms with Gasteiger partial charge in [0.25, 0.3) is 0 Å². The monoisotopic (exact) mass is 176 g/mol. The smallest absolute Gasteiger partial charge is 0.223 e. The first kappa shape index (κ1) is 7.66. The van der Waals surface area contributed by atoms with Crippen LogP contribution in [-0.2, 0) is 6.54 Å². The molecule has 0 aromatic carbocycles. The molecule has 6 heteroatoms. The predicted molar refractivity (Wildman–Crippen MR) is 45.6 cm³/mol. The molecule has 2 heterocycles. The third kappa shape index (κ3) is 1.78. The van der Waals surface area contributed by atoms with Crippen LogP contribution in [0.4, 0.5) is 5.95 Å². The van der Waals surface area contributed by atoms with E-state index < -0.39 is 0 Å². The van der Waals surface area contributed by atoms with Crippen molar-refractivity contribution in [3.8, 4) is 0 Å². The fourth-order valence-corrected chi connectivity index (χ4v) is 0.964. The Morgan fingerprint density at radius 2 is 2.31 bits per heavy atom. The highest BCUT2D eigenvalue weighted by Gasteiger charge is 1.97. The van der Waals surface area contributed by atoms with Crippen molar-refractivity contribution in [2.45, 2.75) is 6.54 Å². The van der Waals surface area contributed by atoms with E-state index in [-0.39, 0.29) is 5.95 Å². The molecule has 2 N–H and O–H groups in total. The predicted octanol–water partition coefficient (Wildman–Crippen LogP) is -0.301. The molecule has 0 bridgehead atoms. The summed E-state index contributed by atoms with van der Waals surface area (Å²) < 4.78 is 1.86. The summed E-state index contributed by atoms with van der Waals surface area (Å²) in [6.45, 7) is 0.562. The zero-order valence-electron chi connectivity index (χ0n) is 6.83. The molecule has 0 unspecified atom stereocenters. The maximum absolute atomic E-state index is 5.40. The third-order valence-corrected chi connectivity index (χ3v) is 1.52. The van der Waals surface area contributed by atoms with Crippen LogP contribution in [0.1, 0.15) is 5.82 Å². The van der Waals surface area contributed by atoms with Gasteiger partial charge in [-0.1, -0.05) is 0 Å². The first-order chi connectivity index (χ1) is 6.34. The van der Waals surface area contributed by atoms with Crippen LogP contribution < -0.4 is 5.73 Å². The lowest BCUT2D eigenvalue weighted by atomic mass is 10.6. The summed E-state index contributed by atoms with van der Waals surface area (Å²) in [6.07, 6.45) is 6.62. The Labute approximate surface area is 74.5 Å². The highest BCUT2D eigenvalue weighted by molar-refractivity contribution is 5.12. The summed E-state index contributed by atoms with van der Waals surface area (Å²) in [5.74, 6) is 0.871. The average Bonchev–Trinajstić information content (AvgIpc) is 2.57. The topological polar surface area (TPSA) is 82.5 Å². The molecule has 0 aliphatic rings. The van der Waals surface area contributed by atoms with Crippen LogP contribution in [0.25, 0.3) is 0 Å². The molecule has 0 aliphatic heterocycles. The van der Waals surface area contributed by atoms with Crippen molar-refractivity contribution in [2.24, 2.45) is 0 Å². The standard InChI is InChI=1S/C7H8N6/c8-7-11-4-10-6(12-7)3-13-2-1-9-5-13/h1-2,4-5H,3H2,(H2,8,10,11,12). The molecule has 2 rings (SSSR count). The summed E-state index contributed by atoms with van der Waals surface area (Å²) >= 11 is 0. The molecule has 2 aromatic heterocycles. The minimum Gasteiger partial charge on any atom is -0.368 e. The summed E-state index contributed by atoms with van der Waals surface area (Å²) in [6, 6.07) is 0. The SMILES string of the molecule is Nc1ncnc(Cn2ccnc2)n1. The average molecular weight is 176 g/mol. The van der Waals surface area contributed by atoms with Gasteiger partial charge in [-0.15, -0.1) is 0 Å². The second-order valence-corrected chi connectivity index (χ2v) is 2.49. The fourth-order valence-electron chi connectivity index (χ4n) is 0.964. The molecule has 0 spiro atoms. The quantitative estimate of drug-likeness (QED) is 0.679. The van der Waals surface area contributed by atoms with Gasteiger partial charge in [-0.3, -0.25) is 0 Å². The summed E-state index contributed by atoms with van der Waals surface area (Å²) in [7, 11) is 0. The number of hydrogen-bond donors (Lipinski definition) is 1. The number of nitrogens with two attached hydrogens (primary N) is 1. The number of hydrogen-bond acceptors (Lipinski definition) is 5. The number of nitrogen functional groups attached to an aromatic ring is 1. The van der Waals surface area contributed by atoms with E-state index in [1.54, 1.807) is 12.5 Å². The van der Waals surface area contributed by atoms with Crippen LogP contribution in [0.2, 0.25) is 0 Å². The minimum absolute atomic E-state index is 0.241. The molecule has 66 valence electrons. The molecular weight excluding hydrogens is 168 g/mol. The Kier molecular flexibility index (Phi) is 1.87. The van der Waals surface area contributed by atoms with Crippen LogP contribution in [0, 0.1) is 0 Å². The van der Waals surface area contributed by atoms with Crippen LogP contribution in [-0.4, -0.2) is 24.5 Å². The van der Waals surface area contributed by atoms with E-state index in [9.17, 15) is 0 Å². The number of imidazole rings is 1. The molecule has 0 radical (unpaired) electrons. The van der Waals surface area contributed by atoms with Crippen molar-refractivity contribution < 1.29 is 0 Å². The molecule has 0 fully saturated rings. The van der Waals surface area contributed by atoms with Gasteiger partial charge in [-0.2, -0.15) is 4.98 Å². The van der Waals surface area contributed by atoms with Crippen LogP contribution in [0.5, 0.6) is 0 Å². The normalized spacial score (nSPS) is 10.2. The minimum atomic E-state index is 0.241. The number of aromatic nitrogens is 5. The molecule has 0 saturated carbocycles. The number of rotatable bonds is 2. The van der Waals surface area contributed by atoms with E-state index in [1.165, 1.54) is 6.33 Å². The van der Waals surface area contributed by atoms with Crippen molar-refractivity contribution in [2.75, 3.05) is 5.73 Å². The van der Waals surface area contributed by atoms with Crippen LogP contribution >= 0.6 is 0 Å². The lowest BCUT2D eigenvalue weighted by Crippen LogP contribution is -2.05. The maximum Gasteiger partial charge on any atom is 0.223 e. The lowest BCUT2D eigenvalue weighted by molar-refractivity contribution is 0.737.